The molecule has 0 atom stereocenters. The maximum Gasteiger partial charge on any atom is 0.258 e. The largest absolute Gasteiger partial charge is 0.467 e. The van der Waals surface area contributed by atoms with Gasteiger partial charge in [0.1, 0.15) is 0 Å². The van der Waals surface area contributed by atoms with E-state index < -0.39 is 0 Å². The van der Waals surface area contributed by atoms with Crippen molar-refractivity contribution in [2.45, 2.75) is 69.5 Å². The summed E-state index contributed by atoms with van der Waals surface area (Å²) in [6.45, 7) is 4.37. The van der Waals surface area contributed by atoms with E-state index in [-0.39, 0.29) is 18.1 Å². The van der Waals surface area contributed by atoms with Crippen molar-refractivity contribution in [3.05, 3.63) is 11.8 Å². The maximum atomic E-state index is 12.6. The molecule has 6 heteroatoms. The van der Waals surface area contributed by atoms with Gasteiger partial charge in [0.2, 0.25) is 5.88 Å². The Morgan fingerprint density at radius 1 is 1.22 bits per heavy atom. The van der Waals surface area contributed by atoms with Crippen molar-refractivity contribution in [2.24, 2.45) is 23.7 Å². The van der Waals surface area contributed by atoms with Crippen LogP contribution in [0.2, 0.25) is 0 Å². The molecular weight excluding hydrogens is 358 g/mol. The summed E-state index contributed by atoms with van der Waals surface area (Å²) in [5, 5.41) is 4.06. The third-order valence-corrected chi connectivity index (χ3v) is 6.88. The van der Waals surface area contributed by atoms with Gasteiger partial charge in [0.05, 0.1) is 0 Å². The summed E-state index contributed by atoms with van der Waals surface area (Å²) < 4.78 is 5.77. The Labute approximate surface area is 166 Å². The Hall–Kier alpha value is -1.30. The fourth-order valence-electron chi connectivity index (χ4n) is 5.87. The first-order valence-corrected chi connectivity index (χ1v) is 11.5. The molecule has 1 heterocycles. The van der Waals surface area contributed by atoms with Gasteiger partial charge in [-0.1, -0.05) is 25.6 Å². The molecule has 5 rings (SSSR count). The molecule has 4 bridgehead atoms. The van der Waals surface area contributed by atoms with Gasteiger partial charge in [-0.2, -0.15) is 4.98 Å². The molecule has 0 aromatic carbocycles. The number of aromatic nitrogens is 2. The van der Waals surface area contributed by atoms with E-state index in [4.69, 9.17) is 4.74 Å². The number of hydrogen-bond donors (Lipinski definition) is 1. The lowest BCUT2D eigenvalue weighted by molar-refractivity contribution is -0.128. The average Bonchev–Trinajstić information content (AvgIpc) is 2.57. The highest BCUT2D eigenvalue weighted by Crippen LogP contribution is 2.55. The van der Waals surface area contributed by atoms with Gasteiger partial charge in [-0.15, -0.1) is 0 Å². The van der Waals surface area contributed by atoms with E-state index >= 15 is 0 Å². The summed E-state index contributed by atoms with van der Waals surface area (Å²) in [4.78, 5) is 21.6. The predicted molar refractivity (Wildman–Crippen MR) is 107 cm³/mol. The zero-order valence-electron chi connectivity index (χ0n) is 16.7. The molecule has 0 unspecified atom stereocenters. The zero-order chi connectivity index (χ0) is 19.0. The lowest BCUT2D eigenvalue weighted by Crippen LogP contribution is -2.60. The molecule has 0 aliphatic heterocycles. The standard InChI is InChI=1S/C21H31N3O2S/c1-13(2)4-17-8-19(23-20(22-17)27-3)26-12-18(25)24-21-9-14-5-15(10-21)7-16(6-14)11-21/h8,13-16H,4-7,9-12H2,1-3H3,(H,24,25). The van der Waals surface area contributed by atoms with E-state index in [0.717, 1.165) is 49.1 Å². The van der Waals surface area contributed by atoms with Crippen LogP contribution in [-0.2, 0) is 11.2 Å². The molecule has 4 saturated carbocycles. The minimum atomic E-state index is -0.00771. The molecule has 5 nitrogen and oxygen atoms in total. The number of rotatable bonds is 7. The summed E-state index contributed by atoms with van der Waals surface area (Å²) in [6.07, 6.45) is 10.5. The number of nitrogens with one attached hydrogen (secondary N) is 1. The van der Waals surface area contributed by atoms with Crippen molar-refractivity contribution < 1.29 is 9.53 Å². The van der Waals surface area contributed by atoms with Gasteiger partial charge in [0.15, 0.2) is 11.8 Å². The van der Waals surface area contributed by atoms with Crippen LogP contribution in [-0.4, -0.2) is 34.3 Å². The smallest absolute Gasteiger partial charge is 0.258 e. The van der Waals surface area contributed by atoms with Crippen LogP contribution in [0.5, 0.6) is 5.88 Å². The topological polar surface area (TPSA) is 64.1 Å². The molecule has 4 aliphatic rings. The molecule has 27 heavy (non-hydrogen) atoms. The van der Waals surface area contributed by atoms with Crippen LogP contribution in [0.25, 0.3) is 0 Å². The third kappa shape index (κ3) is 4.41. The molecule has 4 aliphatic carbocycles. The van der Waals surface area contributed by atoms with Crippen LogP contribution in [0.1, 0.15) is 58.1 Å². The van der Waals surface area contributed by atoms with Crippen molar-refractivity contribution in [2.75, 3.05) is 12.9 Å². The summed E-state index contributed by atoms with van der Waals surface area (Å²) in [5.74, 6) is 3.48. The first-order chi connectivity index (χ1) is 12.9. The summed E-state index contributed by atoms with van der Waals surface area (Å²) in [7, 11) is 0. The van der Waals surface area contributed by atoms with Crippen molar-refractivity contribution >= 4 is 17.7 Å². The summed E-state index contributed by atoms with van der Waals surface area (Å²) in [5.41, 5.74) is 1.01. The maximum absolute atomic E-state index is 12.6. The Morgan fingerprint density at radius 2 is 1.85 bits per heavy atom. The molecule has 1 aromatic heterocycles. The third-order valence-electron chi connectivity index (χ3n) is 6.33. The number of hydrogen-bond acceptors (Lipinski definition) is 5. The quantitative estimate of drug-likeness (QED) is 0.567. The van der Waals surface area contributed by atoms with Crippen molar-refractivity contribution in [3.8, 4) is 5.88 Å². The number of carbonyl (C=O) groups excluding carboxylic acids is 1. The second kappa shape index (κ2) is 7.61. The highest BCUT2D eigenvalue weighted by Gasteiger charge is 2.51. The summed E-state index contributed by atoms with van der Waals surface area (Å²) in [6, 6.07) is 1.87. The number of ether oxygens (including phenoxy) is 1. The van der Waals surface area contributed by atoms with Gasteiger partial charge in [0.25, 0.3) is 5.91 Å². The highest BCUT2D eigenvalue weighted by molar-refractivity contribution is 7.98. The van der Waals surface area contributed by atoms with Gasteiger partial charge in [0, 0.05) is 17.3 Å². The average molecular weight is 390 g/mol. The number of carbonyl (C=O) groups is 1. The highest BCUT2D eigenvalue weighted by atomic mass is 32.2. The normalized spacial score (nSPS) is 31.3. The van der Waals surface area contributed by atoms with Crippen molar-refractivity contribution in [3.63, 3.8) is 0 Å². The Bertz CT molecular complexity index is 671. The van der Waals surface area contributed by atoms with Crippen molar-refractivity contribution in [1.82, 2.24) is 15.3 Å². The molecule has 4 fully saturated rings. The Morgan fingerprint density at radius 3 is 2.41 bits per heavy atom. The van der Waals surface area contributed by atoms with E-state index in [1.165, 1.54) is 31.0 Å². The van der Waals surface area contributed by atoms with Gasteiger partial charge in [-0.05, 0) is 74.9 Å². The van der Waals surface area contributed by atoms with Gasteiger partial charge in [-0.25, -0.2) is 4.98 Å². The van der Waals surface area contributed by atoms with E-state index in [1.807, 2.05) is 12.3 Å². The lowest BCUT2D eigenvalue weighted by Gasteiger charge is -2.56. The van der Waals surface area contributed by atoms with E-state index in [0.29, 0.717) is 17.0 Å². The minimum Gasteiger partial charge on any atom is -0.467 e. The monoisotopic (exact) mass is 389 g/mol. The molecular formula is C21H31N3O2S. The second-order valence-electron chi connectivity index (χ2n) is 9.32. The van der Waals surface area contributed by atoms with Crippen LogP contribution in [0.15, 0.2) is 11.2 Å². The zero-order valence-corrected chi connectivity index (χ0v) is 17.5. The second-order valence-corrected chi connectivity index (χ2v) is 10.1. The van der Waals surface area contributed by atoms with E-state index in [9.17, 15) is 4.79 Å². The minimum absolute atomic E-state index is 0.00771. The van der Waals surface area contributed by atoms with E-state index in [1.54, 1.807) is 0 Å². The molecule has 1 aromatic rings. The fraction of sp³-hybridized carbons (Fsp3) is 0.762. The van der Waals surface area contributed by atoms with Crippen LogP contribution in [0.3, 0.4) is 0 Å². The SMILES string of the molecule is CSc1nc(CC(C)C)cc(OCC(=O)NC23CC4CC(CC(C4)C2)C3)n1. The van der Waals surface area contributed by atoms with Gasteiger partial charge >= 0.3 is 0 Å². The van der Waals surface area contributed by atoms with E-state index in [2.05, 4.69) is 29.1 Å². The first-order valence-electron chi connectivity index (χ1n) is 10.3. The number of amides is 1. The molecule has 148 valence electrons. The number of nitrogens with zero attached hydrogens (tertiary/aromatic N) is 2. The Balaban J connectivity index is 1.37. The van der Waals surface area contributed by atoms with Gasteiger partial charge < -0.3 is 10.1 Å². The molecule has 1 N–H and O–H groups in total. The van der Waals surface area contributed by atoms with Crippen LogP contribution >= 0.6 is 11.8 Å². The van der Waals surface area contributed by atoms with Crippen LogP contribution < -0.4 is 10.1 Å². The molecule has 0 spiro atoms. The van der Waals surface area contributed by atoms with Crippen LogP contribution in [0.4, 0.5) is 0 Å². The summed E-state index contributed by atoms with van der Waals surface area (Å²) >= 11 is 1.50. The number of thioether (sulfide) groups is 1. The van der Waals surface area contributed by atoms with Crippen LogP contribution in [0, 0.1) is 23.7 Å². The van der Waals surface area contributed by atoms with Gasteiger partial charge in [-0.3, -0.25) is 4.79 Å². The molecule has 1 amide bonds. The lowest BCUT2D eigenvalue weighted by atomic mass is 9.53. The first kappa shape index (κ1) is 19.0. The Kier molecular flexibility index (Phi) is 5.36. The molecule has 0 saturated heterocycles. The molecule has 0 radical (unpaired) electrons. The fourth-order valence-corrected chi connectivity index (χ4v) is 6.26. The van der Waals surface area contributed by atoms with Crippen molar-refractivity contribution in [1.29, 1.82) is 0 Å². The predicted octanol–water partition coefficient (Wildman–Crippen LogP) is 3.86.